The van der Waals surface area contributed by atoms with Crippen molar-refractivity contribution in [2.45, 2.75) is 13.8 Å². The third kappa shape index (κ3) is 2.74. The molecule has 1 aromatic heterocycles. The Labute approximate surface area is 77.4 Å². The molecule has 0 bridgehead atoms. The lowest BCUT2D eigenvalue weighted by atomic mass is 10.2. The maximum atomic E-state index is 11.1. The highest BCUT2D eigenvalue weighted by atomic mass is 16.2. The molecule has 0 fully saturated rings. The van der Waals surface area contributed by atoms with Crippen molar-refractivity contribution in [2.75, 3.05) is 11.9 Å². The van der Waals surface area contributed by atoms with Crippen LogP contribution in [-0.4, -0.2) is 17.6 Å². The van der Waals surface area contributed by atoms with Crippen molar-refractivity contribution < 1.29 is 4.79 Å². The zero-order valence-electron chi connectivity index (χ0n) is 7.79. The van der Waals surface area contributed by atoms with Crippen molar-refractivity contribution >= 4 is 11.7 Å². The lowest BCUT2D eigenvalue weighted by molar-refractivity contribution is 0.252. The van der Waals surface area contributed by atoms with Gasteiger partial charge in [-0.25, -0.2) is 4.79 Å². The summed E-state index contributed by atoms with van der Waals surface area (Å²) in [5, 5.41) is 5.34. The molecule has 0 aliphatic heterocycles. The molecule has 1 rings (SSSR count). The predicted octanol–water partition coefficient (Wildman–Crippen LogP) is 1.53. The molecule has 4 nitrogen and oxygen atoms in total. The lowest BCUT2D eigenvalue weighted by Crippen LogP contribution is -2.28. The molecule has 0 saturated carbocycles. The highest BCUT2D eigenvalue weighted by Crippen LogP contribution is 2.10. The molecule has 0 aliphatic rings. The highest BCUT2D eigenvalue weighted by Gasteiger charge is 2.01. The van der Waals surface area contributed by atoms with Crippen LogP contribution in [0.3, 0.4) is 0 Å². The van der Waals surface area contributed by atoms with Crippen molar-refractivity contribution in [1.82, 2.24) is 10.3 Å². The smallest absolute Gasteiger partial charge is 0.319 e. The number of anilines is 1. The Morgan fingerprint density at radius 3 is 3.00 bits per heavy atom. The Kier molecular flexibility index (Phi) is 3.25. The fourth-order valence-electron chi connectivity index (χ4n) is 0.922. The monoisotopic (exact) mass is 179 g/mol. The first-order valence-corrected chi connectivity index (χ1v) is 4.19. The van der Waals surface area contributed by atoms with Crippen LogP contribution in [0.15, 0.2) is 18.5 Å². The van der Waals surface area contributed by atoms with Crippen LogP contribution < -0.4 is 10.6 Å². The number of hydrogen-bond acceptors (Lipinski definition) is 2. The number of nitrogens with one attached hydrogen (secondary N) is 2. The Morgan fingerprint density at radius 1 is 1.62 bits per heavy atom. The lowest BCUT2D eigenvalue weighted by Gasteiger charge is -2.07. The summed E-state index contributed by atoms with van der Waals surface area (Å²) in [5.74, 6) is 0. The fourth-order valence-corrected chi connectivity index (χ4v) is 0.922. The Hall–Kier alpha value is -1.58. The summed E-state index contributed by atoms with van der Waals surface area (Å²) >= 11 is 0. The minimum atomic E-state index is -0.196. The number of aromatic nitrogens is 1. The molecule has 2 amide bonds. The van der Waals surface area contributed by atoms with Gasteiger partial charge in [-0.15, -0.1) is 0 Å². The van der Waals surface area contributed by atoms with E-state index in [1.165, 1.54) is 0 Å². The molecule has 0 radical (unpaired) electrons. The number of hydrogen-bond donors (Lipinski definition) is 2. The quantitative estimate of drug-likeness (QED) is 0.723. The second-order valence-electron chi connectivity index (χ2n) is 2.68. The number of aryl methyl sites for hydroxylation is 1. The molecule has 2 N–H and O–H groups in total. The van der Waals surface area contributed by atoms with E-state index in [0.717, 1.165) is 11.3 Å². The van der Waals surface area contributed by atoms with Crippen LogP contribution in [0.5, 0.6) is 0 Å². The standard InChI is InChI=1S/C9H13N3O/c1-3-11-9(13)12-8-6-10-5-4-7(8)2/h4-6H,3H2,1-2H3,(H2,11,12,13). The van der Waals surface area contributed by atoms with Gasteiger partial charge >= 0.3 is 6.03 Å². The predicted molar refractivity (Wildman–Crippen MR) is 51.7 cm³/mol. The zero-order valence-corrected chi connectivity index (χ0v) is 7.79. The van der Waals surface area contributed by atoms with E-state index in [2.05, 4.69) is 15.6 Å². The van der Waals surface area contributed by atoms with Gasteiger partial charge < -0.3 is 10.6 Å². The highest BCUT2D eigenvalue weighted by molar-refractivity contribution is 5.89. The molecule has 0 atom stereocenters. The topological polar surface area (TPSA) is 54.0 Å². The largest absolute Gasteiger partial charge is 0.338 e. The number of rotatable bonds is 2. The van der Waals surface area contributed by atoms with Gasteiger partial charge in [-0.3, -0.25) is 4.98 Å². The van der Waals surface area contributed by atoms with Gasteiger partial charge in [-0.2, -0.15) is 0 Å². The van der Waals surface area contributed by atoms with Gasteiger partial charge in [0.25, 0.3) is 0 Å². The molecular formula is C9H13N3O. The van der Waals surface area contributed by atoms with Crippen molar-refractivity contribution in [1.29, 1.82) is 0 Å². The first-order chi connectivity index (χ1) is 6.24. The van der Waals surface area contributed by atoms with Crippen molar-refractivity contribution in [3.63, 3.8) is 0 Å². The Balaban J connectivity index is 2.63. The van der Waals surface area contributed by atoms with E-state index in [9.17, 15) is 4.79 Å². The van der Waals surface area contributed by atoms with E-state index in [1.807, 2.05) is 19.9 Å². The van der Waals surface area contributed by atoms with E-state index < -0.39 is 0 Å². The van der Waals surface area contributed by atoms with Gasteiger partial charge in [0.1, 0.15) is 0 Å². The molecule has 1 aromatic rings. The Morgan fingerprint density at radius 2 is 2.38 bits per heavy atom. The van der Waals surface area contributed by atoms with E-state index >= 15 is 0 Å². The van der Waals surface area contributed by atoms with Crippen LogP contribution >= 0.6 is 0 Å². The molecule has 70 valence electrons. The number of carbonyl (C=O) groups excluding carboxylic acids is 1. The van der Waals surface area contributed by atoms with E-state index in [1.54, 1.807) is 12.4 Å². The zero-order chi connectivity index (χ0) is 9.68. The van der Waals surface area contributed by atoms with Gasteiger partial charge in [0.05, 0.1) is 11.9 Å². The minimum absolute atomic E-state index is 0.196. The molecule has 0 aliphatic carbocycles. The molecule has 0 aromatic carbocycles. The molecule has 13 heavy (non-hydrogen) atoms. The Bertz CT molecular complexity index is 299. The molecule has 4 heteroatoms. The van der Waals surface area contributed by atoms with Crippen molar-refractivity contribution in [2.24, 2.45) is 0 Å². The van der Waals surface area contributed by atoms with Crippen LogP contribution in [0.25, 0.3) is 0 Å². The van der Waals surface area contributed by atoms with Gasteiger partial charge in [0, 0.05) is 12.7 Å². The third-order valence-electron chi connectivity index (χ3n) is 1.62. The first kappa shape index (κ1) is 9.51. The average molecular weight is 179 g/mol. The van der Waals surface area contributed by atoms with Crippen LogP contribution in [0.2, 0.25) is 0 Å². The van der Waals surface area contributed by atoms with Gasteiger partial charge in [-0.05, 0) is 25.5 Å². The normalized spacial score (nSPS) is 9.38. The number of nitrogens with zero attached hydrogens (tertiary/aromatic N) is 1. The van der Waals surface area contributed by atoms with Crippen molar-refractivity contribution in [3.05, 3.63) is 24.0 Å². The van der Waals surface area contributed by atoms with Gasteiger partial charge in [0.2, 0.25) is 0 Å². The average Bonchev–Trinajstić information content (AvgIpc) is 2.09. The summed E-state index contributed by atoms with van der Waals surface area (Å²) in [7, 11) is 0. The number of amides is 2. The van der Waals surface area contributed by atoms with Crippen molar-refractivity contribution in [3.8, 4) is 0 Å². The molecule has 1 heterocycles. The summed E-state index contributed by atoms with van der Waals surface area (Å²) in [5.41, 5.74) is 1.75. The second kappa shape index (κ2) is 4.45. The SMILES string of the molecule is CCNC(=O)Nc1cnccc1C. The minimum Gasteiger partial charge on any atom is -0.338 e. The van der Waals surface area contributed by atoms with E-state index in [4.69, 9.17) is 0 Å². The number of pyridine rings is 1. The molecule has 0 saturated heterocycles. The fraction of sp³-hybridized carbons (Fsp3) is 0.333. The van der Waals surface area contributed by atoms with E-state index in [-0.39, 0.29) is 6.03 Å². The van der Waals surface area contributed by atoms with Gasteiger partial charge in [0.15, 0.2) is 0 Å². The maximum absolute atomic E-state index is 11.1. The summed E-state index contributed by atoms with van der Waals surface area (Å²) < 4.78 is 0. The molecular weight excluding hydrogens is 166 g/mol. The third-order valence-corrected chi connectivity index (χ3v) is 1.62. The molecule has 0 unspecified atom stereocenters. The van der Waals surface area contributed by atoms with E-state index in [0.29, 0.717) is 6.54 Å². The summed E-state index contributed by atoms with van der Waals surface area (Å²) in [6.45, 7) is 4.41. The summed E-state index contributed by atoms with van der Waals surface area (Å²) in [6, 6.07) is 1.65. The van der Waals surface area contributed by atoms with Crippen LogP contribution in [0.4, 0.5) is 10.5 Å². The van der Waals surface area contributed by atoms with Crippen LogP contribution in [0, 0.1) is 6.92 Å². The van der Waals surface area contributed by atoms with Crippen LogP contribution in [-0.2, 0) is 0 Å². The number of carbonyl (C=O) groups is 1. The maximum Gasteiger partial charge on any atom is 0.319 e. The summed E-state index contributed by atoms with van der Waals surface area (Å²) in [6.07, 6.45) is 3.32. The molecule has 0 spiro atoms. The van der Waals surface area contributed by atoms with Gasteiger partial charge in [-0.1, -0.05) is 0 Å². The second-order valence-corrected chi connectivity index (χ2v) is 2.68. The summed E-state index contributed by atoms with van der Waals surface area (Å²) in [4.78, 5) is 15.0. The van der Waals surface area contributed by atoms with Crippen LogP contribution in [0.1, 0.15) is 12.5 Å². The number of urea groups is 1. The first-order valence-electron chi connectivity index (χ1n) is 4.19.